The molecule has 0 fully saturated rings. The van der Waals surface area contributed by atoms with Crippen LogP contribution in [0.3, 0.4) is 0 Å². The average molecular weight is 315 g/mol. The third-order valence-electron chi connectivity index (χ3n) is 2.70. The Bertz CT molecular complexity index is 525. The molecule has 0 heterocycles. The lowest BCUT2D eigenvalue weighted by Crippen LogP contribution is -2.44. The van der Waals surface area contributed by atoms with Gasteiger partial charge in [-0.25, -0.2) is 0 Å². The summed E-state index contributed by atoms with van der Waals surface area (Å²) in [5, 5.41) is 2.11. The monoisotopic (exact) mass is 314 g/mol. The number of nitrogen functional groups attached to an aromatic ring is 1. The van der Waals surface area contributed by atoms with Crippen molar-refractivity contribution in [1.29, 1.82) is 0 Å². The van der Waals surface area contributed by atoms with Crippen LogP contribution in [0.1, 0.15) is 11.1 Å². The molecule has 2 nitrogen and oxygen atoms in total. The quantitative estimate of drug-likeness (QED) is 0.651. The Morgan fingerprint density at radius 3 is 2.35 bits per heavy atom. The van der Waals surface area contributed by atoms with Crippen LogP contribution in [0, 0.1) is 6.92 Å². The van der Waals surface area contributed by atoms with Crippen molar-refractivity contribution in [1.82, 2.24) is 5.32 Å². The molecule has 0 unspecified atom stereocenters. The summed E-state index contributed by atoms with van der Waals surface area (Å²) in [4.78, 5) is 0. The topological polar surface area (TPSA) is 38.0 Å². The molecule has 0 aliphatic rings. The van der Waals surface area contributed by atoms with Gasteiger partial charge in [-0.05, 0) is 24.6 Å². The molecule has 0 amide bonds. The molecule has 0 atom stereocenters. The molecule has 0 aromatic heterocycles. The minimum absolute atomic E-state index is 0.149. The number of anilines is 1. The van der Waals surface area contributed by atoms with Crippen LogP contribution in [0.25, 0.3) is 5.70 Å². The number of benzene rings is 1. The van der Waals surface area contributed by atoms with Gasteiger partial charge in [0.05, 0.1) is 11.6 Å². The highest BCUT2D eigenvalue weighted by molar-refractivity contribution is 6.32. The van der Waals surface area contributed by atoms with Gasteiger partial charge in [0.1, 0.15) is 0 Å². The van der Waals surface area contributed by atoms with Gasteiger partial charge in [0.25, 0.3) is 0 Å². The summed E-state index contributed by atoms with van der Waals surface area (Å²) in [5.41, 5.74) is 6.46. The van der Waals surface area contributed by atoms with Gasteiger partial charge in [0.2, 0.25) is 0 Å². The molecular formula is C12H12ClF5N2. The molecule has 0 aliphatic heterocycles. The van der Waals surface area contributed by atoms with Crippen molar-refractivity contribution >= 4 is 23.0 Å². The number of rotatable bonds is 4. The van der Waals surface area contributed by atoms with Crippen LogP contribution in [0.2, 0.25) is 5.02 Å². The summed E-state index contributed by atoms with van der Waals surface area (Å²) in [6.45, 7) is 3.36. The van der Waals surface area contributed by atoms with Crippen LogP contribution >= 0.6 is 11.6 Å². The number of halogens is 6. The van der Waals surface area contributed by atoms with E-state index in [1.54, 1.807) is 6.92 Å². The van der Waals surface area contributed by atoms with Crippen LogP contribution in [0.4, 0.5) is 27.6 Å². The lowest BCUT2D eigenvalue weighted by molar-refractivity contribution is -0.278. The lowest BCUT2D eigenvalue weighted by Gasteiger charge is -2.22. The second-order valence-electron chi connectivity index (χ2n) is 4.17. The van der Waals surface area contributed by atoms with Gasteiger partial charge in [-0.15, -0.1) is 0 Å². The molecule has 1 rings (SSSR count). The van der Waals surface area contributed by atoms with E-state index < -0.39 is 18.6 Å². The Kier molecular flexibility index (Phi) is 4.53. The Morgan fingerprint density at radius 2 is 1.85 bits per heavy atom. The molecule has 3 N–H and O–H groups in total. The first-order chi connectivity index (χ1) is 8.97. The van der Waals surface area contributed by atoms with E-state index in [1.807, 2.05) is 5.32 Å². The molecule has 8 heteroatoms. The minimum Gasteiger partial charge on any atom is -0.398 e. The fourth-order valence-electron chi connectivity index (χ4n) is 1.47. The van der Waals surface area contributed by atoms with Gasteiger partial charge >= 0.3 is 12.1 Å². The highest BCUT2D eigenvalue weighted by atomic mass is 35.5. The maximum atomic E-state index is 12.8. The fourth-order valence-corrected chi connectivity index (χ4v) is 1.79. The first-order valence-electron chi connectivity index (χ1n) is 5.39. The van der Waals surface area contributed by atoms with E-state index >= 15 is 0 Å². The number of nitrogens with two attached hydrogens (primary N) is 1. The highest BCUT2D eigenvalue weighted by Gasteiger charge is 2.57. The Morgan fingerprint density at radius 1 is 1.30 bits per heavy atom. The van der Waals surface area contributed by atoms with Crippen molar-refractivity contribution in [3.05, 3.63) is 34.9 Å². The molecule has 0 saturated carbocycles. The van der Waals surface area contributed by atoms with Crippen LogP contribution < -0.4 is 11.1 Å². The summed E-state index contributed by atoms with van der Waals surface area (Å²) in [6, 6.07) is 2.91. The number of hydrogen-bond donors (Lipinski definition) is 2. The van der Waals surface area contributed by atoms with E-state index in [-0.39, 0.29) is 16.3 Å². The van der Waals surface area contributed by atoms with E-state index in [0.717, 1.165) is 0 Å². The minimum atomic E-state index is -5.63. The van der Waals surface area contributed by atoms with Gasteiger partial charge < -0.3 is 11.1 Å². The highest BCUT2D eigenvalue weighted by Crippen LogP contribution is 2.35. The van der Waals surface area contributed by atoms with Crippen LogP contribution in [0.5, 0.6) is 0 Å². The van der Waals surface area contributed by atoms with Gasteiger partial charge in [-0.2, -0.15) is 22.0 Å². The molecule has 1 aromatic rings. The third kappa shape index (κ3) is 3.33. The van der Waals surface area contributed by atoms with E-state index in [0.29, 0.717) is 11.3 Å². The van der Waals surface area contributed by atoms with Crippen molar-refractivity contribution in [2.24, 2.45) is 0 Å². The SMILES string of the molecule is C=C(NCC(F)(F)C(F)(F)F)c1c(Cl)ccc(N)c1C. The van der Waals surface area contributed by atoms with Gasteiger partial charge in [0, 0.05) is 16.9 Å². The van der Waals surface area contributed by atoms with E-state index in [4.69, 9.17) is 17.3 Å². The van der Waals surface area contributed by atoms with Gasteiger partial charge in [-0.3, -0.25) is 0 Å². The van der Waals surface area contributed by atoms with E-state index in [1.165, 1.54) is 12.1 Å². The van der Waals surface area contributed by atoms with Crippen molar-refractivity contribution in [3.63, 3.8) is 0 Å². The fraction of sp³-hybridized carbons (Fsp3) is 0.333. The zero-order valence-electron chi connectivity index (χ0n) is 10.4. The zero-order chi connectivity index (χ0) is 15.7. The molecular weight excluding hydrogens is 303 g/mol. The first kappa shape index (κ1) is 16.6. The third-order valence-corrected chi connectivity index (χ3v) is 3.01. The summed E-state index contributed by atoms with van der Waals surface area (Å²) in [7, 11) is 0. The Labute approximate surface area is 117 Å². The van der Waals surface area contributed by atoms with Gasteiger partial charge in [-0.1, -0.05) is 18.2 Å². The number of hydrogen-bond acceptors (Lipinski definition) is 2. The molecule has 1 aromatic carbocycles. The smallest absolute Gasteiger partial charge is 0.398 e. The summed E-state index contributed by atoms with van der Waals surface area (Å²) in [5.74, 6) is -4.86. The Balaban J connectivity index is 2.92. The molecule has 0 radical (unpaired) electrons. The summed E-state index contributed by atoms with van der Waals surface area (Å²) in [6.07, 6.45) is -5.63. The van der Waals surface area contributed by atoms with Crippen molar-refractivity contribution in [2.75, 3.05) is 12.3 Å². The molecule has 112 valence electrons. The molecule has 0 aliphatic carbocycles. The maximum absolute atomic E-state index is 12.8. The van der Waals surface area contributed by atoms with Crippen molar-refractivity contribution in [3.8, 4) is 0 Å². The lowest BCUT2D eigenvalue weighted by atomic mass is 10.0. The van der Waals surface area contributed by atoms with Crippen LogP contribution in [-0.4, -0.2) is 18.6 Å². The normalized spacial score (nSPS) is 12.3. The molecule has 0 spiro atoms. The molecule has 0 bridgehead atoms. The van der Waals surface area contributed by atoms with Crippen molar-refractivity contribution in [2.45, 2.75) is 19.0 Å². The zero-order valence-corrected chi connectivity index (χ0v) is 11.2. The van der Waals surface area contributed by atoms with E-state index in [2.05, 4.69) is 6.58 Å². The van der Waals surface area contributed by atoms with Crippen molar-refractivity contribution < 1.29 is 22.0 Å². The number of nitrogens with one attached hydrogen (secondary N) is 1. The second kappa shape index (κ2) is 5.47. The maximum Gasteiger partial charge on any atom is 0.455 e. The second-order valence-corrected chi connectivity index (χ2v) is 4.58. The van der Waals surface area contributed by atoms with E-state index in [9.17, 15) is 22.0 Å². The number of alkyl halides is 5. The Hall–Kier alpha value is -1.50. The van der Waals surface area contributed by atoms with Crippen LogP contribution in [-0.2, 0) is 0 Å². The first-order valence-corrected chi connectivity index (χ1v) is 5.77. The predicted molar refractivity (Wildman–Crippen MR) is 68.6 cm³/mol. The van der Waals surface area contributed by atoms with Gasteiger partial charge in [0.15, 0.2) is 0 Å². The standard InChI is InChI=1S/C12H12ClF5N2/c1-6-9(19)4-3-8(13)10(6)7(2)20-5-11(14,15)12(16,17)18/h3-4,20H,2,5,19H2,1H3. The largest absolute Gasteiger partial charge is 0.455 e. The summed E-state index contributed by atoms with van der Waals surface area (Å²) < 4.78 is 61.7. The molecule has 0 saturated heterocycles. The average Bonchev–Trinajstić information content (AvgIpc) is 2.30. The van der Waals surface area contributed by atoms with Crippen LogP contribution in [0.15, 0.2) is 18.7 Å². The predicted octanol–water partition coefficient (Wildman–Crippen LogP) is 3.99. The molecule has 20 heavy (non-hydrogen) atoms. The summed E-state index contributed by atoms with van der Waals surface area (Å²) >= 11 is 5.87.